The number of allylic oxidation sites excluding steroid dienone is 2. The molecule has 158 valence electrons. The van der Waals surface area contributed by atoms with Gasteiger partial charge in [-0.25, -0.2) is 0 Å². The van der Waals surface area contributed by atoms with Gasteiger partial charge in [-0.2, -0.15) is 0 Å². The van der Waals surface area contributed by atoms with E-state index in [0.717, 1.165) is 38.5 Å². The van der Waals surface area contributed by atoms with E-state index in [0.29, 0.717) is 30.1 Å². The Kier molecular flexibility index (Phi) is 7.19. The van der Waals surface area contributed by atoms with Crippen LogP contribution in [0, 0.1) is 29.6 Å². The highest BCUT2D eigenvalue weighted by atomic mass is 16.5. The highest BCUT2D eigenvalue weighted by Crippen LogP contribution is 2.46. The maximum Gasteiger partial charge on any atom is 0.308 e. The molecule has 28 heavy (non-hydrogen) atoms. The van der Waals surface area contributed by atoms with Crippen molar-refractivity contribution < 1.29 is 24.2 Å². The Morgan fingerprint density at radius 2 is 2.11 bits per heavy atom. The second-order valence-corrected chi connectivity index (χ2v) is 9.15. The number of hydrogen-bond acceptors (Lipinski definition) is 5. The van der Waals surface area contributed by atoms with E-state index < -0.39 is 6.10 Å². The SMILES string of the molecule is CC[C@H](C)C(=O)OC1CCC[C@@H]2C=CC(C)C(CC[C@@H]3C[C@@H](O)CC(=O)O3)C12. The van der Waals surface area contributed by atoms with Crippen LogP contribution in [0.25, 0.3) is 0 Å². The molecule has 0 bridgehead atoms. The zero-order valence-corrected chi connectivity index (χ0v) is 17.5. The lowest BCUT2D eigenvalue weighted by atomic mass is 9.62. The van der Waals surface area contributed by atoms with E-state index in [1.165, 1.54) is 0 Å². The smallest absolute Gasteiger partial charge is 0.308 e. The van der Waals surface area contributed by atoms with Crippen LogP contribution >= 0.6 is 0 Å². The number of esters is 2. The van der Waals surface area contributed by atoms with Gasteiger partial charge in [0, 0.05) is 12.3 Å². The van der Waals surface area contributed by atoms with Crippen molar-refractivity contribution in [2.75, 3.05) is 0 Å². The fourth-order valence-corrected chi connectivity index (χ4v) is 5.29. The molecule has 8 atom stereocenters. The van der Waals surface area contributed by atoms with Crippen molar-refractivity contribution in [3.63, 3.8) is 0 Å². The van der Waals surface area contributed by atoms with Gasteiger partial charge in [-0.3, -0.25) is 9.59 Å². The Morgan fingerprint density at radius 3 is 2.82 bits per heavy atom. The summed E-state index contributed by atoms with van der Waals surface area (Å²) >= 11 is 0. The van der Waals surface area contributed by atoms with E-state index in [2.05, 4.69) is 19.1 Å². The summed E-state index contributed by atoms with van der Waals surface area (Å²) in [4.78, 5) is 24.1. The molecule has 1 N–H and O–H groups in total. The predicted octanol–water partition coefficient (Wildman–Crippen LogP) is 4.03. The molecule has 2 aliphatic carbocycles. The van der Waals surface area contributed by atoms with Crippen LogP contribution in [0.15, 0.2) is 12.2 Å². The molecule has 1 saturated heterocycles. The summed E-state index contributed by atoms with van der Waals surface area (Å²) < 4.78 is 11.5. The Bertz CT molecular complexity index is 586. The Balaban J connectivity index is 1.68. The third-order valence-electron chi connectivity index (χ3n) is 7.12. The fraction of sp³-hybridized carbons (Fsp3) is 0.826. The number of carbonyl (C=O) groups is 2. The molecule has 5 nitrogen and oxygen atoms in total. The Hall–Kier alpha value is -1.36. The average molecular weight is 393 g/mol. The Morgan fingerprint density at radius 1 is 1.32 bits per heavy atom. The first-order chi connectivity index (χ1) is 13.4. The van der Waals surface area contributed by atoms with Gasteiger partial charge >= 0.3 is 11.9 Å². The maximum atomic E-state index is 12.5. The van der Waals surface area contributed by atoms with Crippen LogP contribution in [0.3, 0.4) is 0 Å². The van der Waals surface area contributed by atoms with Gasteiger partial charge in [0.05, 0.1) is 18.4 Å². The zero-order chi connectivity index (χ0) is 20.3. The molecule has 0 amide bonds. The molecular formula is C23H36O5. The van der Waals surface area contributed by atoms with Gasteiger partial charge < -0.3 is 14.6 Å². The van der Waals surface area contributed by atoms with E-state index in [1.807, 2.05) is 13.8 Å². The number of aliphatic hydroxyl groups excluding tert-OH is 1. The molecule has 0 aromatic rings. The van der Waals surface area contributed by atoms with Crippen LogP contribution in [-0.4, -0.2) is 35.4 Å². The molecule has 0 spiro atoms. The number of aliphatic hydroxyl groups is 1. The first kappa shape index (κ1) is 21.4. The molecule has 4 unspecified atom stereocenters. The topological polar surface area (TPSA) is 72.8 Å². The molecule has 3 rings (SSSR count). The van der Waals surface area contributed by atoms with Crippen molar-refractivity contribution in [1.82, 2.24) is 0 Å². The summed E-state index contributed by atoms with van der Waals surface area (Å²) in [5.41, 5.74) is 0. The van der Waals surface area contributed by atoms with Crippen molar-refractivity contribution in [2.24, 2.45) is 29.6 Å². The summed E-state index contributed by atoms with van der Waals surface area (Å²) in [6.45, 7) is 6.19. The average Bonchev–Trinajstić information content (AvgIpc) is 2.66. The molecule has 1 aliphatic heterocycles. The monoisotopic (exact) mass is 392 g/mol. The fourth-order valence-electron chi connectivity index (χ4n) is 5.29. The van der Waals surface area contributed by atoms with Crippen LogP contribution in [0.1, 0.15) is 72.1 Å². The van der Waals surface area contributed by atoms with Crippen LogP contribution in [0.2, 0.25) is 0 Å². The van der Waals surface area contributed by atoms with Crippen LogP contribution < -0.4 is 0 Å². The van der Waals surface area contributed by atoms with Gasteiger partial charge in [0.2, 0.25) is 0 Å². The minimum atomic E-state index is -0.582. The van der Waals surface area contributed by atoms with E-state index in [4.69, 9.17) is 9.47 Å². The number of cyclic esters (lactones) is 1. The number of hydrogen-bond donors (Lipinski definition) is 1. The van der Waals surface area contributed by atoms with Crippen LogP contribution in [-0.2, 0) is 19.1 Å². The van der Waals surface area contributed by atoms with E-state index in [9.17, 15) is 14.7 Å². The van der Waals surface area contributed by atoms with E-state index in [1.54, 1.807) is 0 Å². The molecule has 0 aromatic carbocycles. The predicted molar refractivity (Wildman–Crippen MR) is 106 cm³/mol. The molecule has 2 fully saturated rings. The summed E-state index contributed by atoms with van der Waals surface area (Å²) in [6.07, 6.45) is 10.2. The molecule has 5 heteroatoms. The standard InChI is InChI=1S/C23H36O5/c1-4-14(2)23(26)28-20-7-5-6-16-9-8-15(3)19(22(16)20)11-10-18-12-17(24)13-21(25)27-18/h8-9,14-20,22,24H,4-7,10-13H2,1-3H3/t14-,15?,16+,17+,18+,19?,20?,22?/m0/s1. The Labute approximate surface area is 168 Å². The quantitative estimate of drug-likeness (QED) is 0.546. The van der Waals surface area contributed by atoms with E-state index >= 15 is 0 Å². The molecule has 0 radical (unpaired) electrons. The number of carbonyl (C=O) groups excluding carboxylic acids is 2. The lowest BCUT2D eigenvalue weighted by molar-refractivity contribution is -0.164. The van der Waals surface area contributed by atoms with Gasteiger partial charge in [0.25, 0.3) is 0 Å². The number of rotatable bonds is 6. The molecule has 3 aliphatic rings. The summed E-state index contributed by atoms with van der Waals surface area (Å²) in [6, 6.07) is 0. The highest BCUT2D eigenvalue weighted by molar-refractivity contribution is 5.72. The summed E-state index contributed by atoms with van der Waals surface area (Å²) in [5, 5.41) is 9.87. The van der Waals surface area contributed by atoms with Gasteiger partial charge in [0.1, 0.15) is 12.2 Å². The first-order valence-electron chi connectivity index (χ1n) is 11.1. The van der Waals surface area contributed by atoms with Gasteiger partial charge in [0.15, 0.2) is 0 Å². The van der Waals surface area contributed by atoms with Crippen molar-refractivity contribution in [3.8, 4) is 0 Å². The summed E-state index contributed by atoms with van der Waals surface area (Å²) in [7, 11) is 0. The molecule has 1 saturated carbocycles. The second kappa shape index (κ2) is 9.43. The highest BCUT2D eigenvalue weighted by Gasteiger charge is 2.43. The third kappa shape index (κ3) is 4.97. The second-order valence-electron chi connectivity index (χ2n) is 9.15. The van der Waals surface area contributed by atoms with Crippen molar-refractivity contribution in [3.05, 3.63) is 12.2 Å². The largest absolute Gasteiger partial charge is 0.462 e. The van der Waals surface area contributed by atoms with Crippen LogP contribution in [0.5, 0.6) is 0 Å². The first-order valence-corrected chi connectivity index (χ1v) is 11.1. The van der Waals surface area contributed by atoms with E-state index in [-0.39, 0.29) is 36.5 Å². The number of ether oxygens (including phenoxy) is 2. The zero-order valence-electron chi connectivity index (χ0n) is 17.5. The molecular weight excluding hydrogens is 356 g/mol. The van der Waals surface area contributed by atoms with Crippen molar-refractivity contribution in [2.45, 2.75) is 90.4 Å². The third-order valence-corrected chi connectivity index (χ3v) is 7.12. The number of fused-ring (bicyclic) bond motifs is 1. The minimum Gasteiger partial charge on any atom is -0.462 e. The van der Waals surface area contributed by atoms with Crippen LogP contribution in [0.4, 0.5) is 0 Å². The lowest BCUT2D eigenvalue weighted by Gasteiger charge is -2.46. The van der Waals surface area contributed by atoms with Gasteiger partial charge in [-0.05, 0) is 56.3 Å². The lowest BCUT2D eigenvalue weighted by Crippen LogP contribution is -2.44. The molecule has 1 heterocycles. The minimum absolute atomic E-state index is 0.0165. The van der Waals surface area contributed by atoms with Crippen molar-refractivity contribution >= 4 is 11.9 Å². The molecule has 0 aromatic heterocycles. The van der Waals surface area contributed by atoms with Crippen molar-refractivity contribution in [1.29, 1.82) is 0 Å². The normalized spacial score (nSPS) is 39.0. The summed E-state index contributed by atoms with van der Waals surface area (Å²) in [5.74, 6) is 1.19. The maximum absolute atomic E-state index is 12.5. The van der Waals surface area contributed by atoms with Gasteiger partial charge in [-0.15, -0.1) is 0 Å². The van der Waals surface area contributed by atoms with Gasteiger partial charge in [-0.1, -0.05) is 32.9 Å².